The Hall–Kier alpha value is -0.700. The van der Waals surface area contributed by atoms with Crippen LogP contribution in [0.25, 0.3) is 0 Å². The molecule has 0 saturated heterocycles. The molecule has 4 rings (SSSR count). The third kappa shape index (κ3) is 1.98. The second kappa shape index (κ2) is 5.15. The molecule has 4 saturated carbocycles. The van der Waals surface area contributed by atoms with Crippen LogP contribution in [-0.4, -0.2) is 17.6 Å². The lowest BCUT2D eigenvalue weighted by atomic mass is 9.43. The summed E-state index contributed by atoms with van der Waals surface area (Å²) < 4.78 is 0. The molecule has 0 spiro atoms. The Morgan fingerprint density at radius 2 is 1.83 bits per heavy atom. The Bertz CT molecular complexity index is 542. The van der Waals surface area contributed by atoms with Gasteiger partial charge in [-0.15, -0.1) is 0 Å². The third-order valence-corrected chi connectivity index (χ3v) is 8.60. The summed E-state index contributed by atoms with van der Waals surface area (Å²) in [5.41, 5.74) is 6.68. The Kier molecular flexibility index (Phi) is 3.54. The van der Waals surface area contributed by atoms with Crippen LogP contribution in [0.2, 0.25) is 0 Å². The molecule has 0 aliphatic heterocycles. The van der Waals surface area contributed by atoms with Crippen molar-refractivity contribution in [3.8, 4) is 0 Å². The van der Waals surface area contributed by atoms with Crippen LogP contribution in [0.4, 0.5) is 0 Å². The molecule has 0 amide bonds. The van der Waals surface area contributed by atoms with Crippen molar-refractivity contribution in [2.24, 2.45) is 40.2 Å². The largest absolute Gasteiger partial charge is 0.327 e. The number of rotatable bonds is 1. The van der Waals surface area contributed by atoms with Crippen molar-refractivity contribution in [1.29, 1.82) is 0 Å². The van der Waals surface area contributed by atoms with E-state index in [0.29, 0.717) is 35.2 Å². The lowest BCUT2D eigenvalue weighted by Gasteiger charge is -2.62. The lowest BCUT2D eigenvalue weighted by molar-refractivity contribution is -0.150. The normalized spacial score (nSPS) is 50.9. The second-order valence-electron chi connectivity index (χ2n) is 9.21. The van der Waals surface area contributed by atoms with E-state index in [2.05, 4.69) is 13.8 Å². The Balaban J connectivity index is 1.71. The monoisotopic (exact) mass is 317 g/mol. The van der Waals surface area contributed by atoms with Crippen molar-refractivity contribution in [2.75, 3.05) is 0 Å². The van der Waals surface area contributed by atoms with E-state index in [-0.39, 0.29) is 16.9 Å². The summed E-state index contributed by atoms with van der Waals surface area (Å²) in [6.07, 6.45) is 8.91. The zero-order chi connectivity index (χ0) is 16.4. The van der Waals surface area contributed by atoms with E-state index in [1.807, 2.05) is 0 Å². The first-order chi connectivity index (χ1) is 10.9. The molecule has 2 N–H and O–H groups in total. The SMILES string of the molecule is CC(N)[C@]12CCC(=O)C[C@H]1CC[C@@H]1[C@@H]2CC[C@]2(C)C(=O)CC[C@@H]12. The molecular weight excluding hydrogens is 286 g/mol. The molecule has 7 atom stereocenters. The van der Waals surface area contributed by atoms with Crippen molar-refractivity contribution in [1.82, 2.24) is 0 Å². The van der Waals surface area contributed by atoms with Gasteiger partial charge in [-0.3, -0.25) is 9.59 Å². The zero-order valence-corrected chi connectivity index (χ0v) is 14.6. The van der Waals surface area contributed by atoms with Crippen LogP contribution in [0.5, 0.6) is 0 Å². The number of nitrogens with two attached hydrogens (primary N) is 1. The lowest BCUT2D eigenvalue weighted by Crippen LogP contribution is -2.60. The maximum Gasteiger partial charge on any atom is 0.139 e. The molecule has 4 aliphatic carbocycles. The topological polar surface area (TPSA) is 60.2 Å². The molecule has 0 radical (unpaired) electrons. The summed E-state index contributed by atoms with van der Waals surface area (Å²) in [6, 6.07) is 0.162. The summed E-state index contributed by atoms with van der Waals surface area (Å²) in [4.78, 5) is 24.5. The Morgan fingerprint density at radius 3 is 2.57 bits per heavy atom. The maximum absolute atomic E-state index is 12.5. The van der Waals surface area contributed by atoms with Crippen molar-refractivity contribution >= 4 is 11.6 Å². The van der Waals surface area contributed by atoms with E-state index in [1.54, 1.807) is 0 Å². The number of hydrogen-bond donors (Lipinski definition) is 1. The number of carbonyl (C=O) groups is 2. The summed E-state index contributed by atoms with van der Waals surface area (Å²) in [5.74, 6) is 3.32. The summed E-state index contributed by atoms with van der Waals surface area (Å²) in [5, 5.41) is 0. The average Bonchev–Trinajstić information content (AvgIpc) is 2.82. The van der Waals surface area contributed by atoms with Gasteiger partial charge in [-0.05, 0) is 74.5 Å². The van der Waals surface area contributed by atoms with Crippen LogP contribution in [0.1, 0.15) is 71.6 Å². The minimum Gasteiger partial charge on any atom is -0.327 e. The van der Waals surface area contributed by atoms with E-state index in [0.717, 1.165) is 51.4 Å². The fourth-order valence-corrected chi connectivity index (χ4v) is 7.45. The van der Waals surface area contributed by atoms with Crippen LogP contribution in [0.3, 0.4) is 0 Å². The highest BCUT2D eigenvalue weighted by Crippen LogP contribution is 2.66. The molecule has 3 nitrogen and oxygen atoms in total. The van der Waals surface area contributed by atoms with Gasteiger partial charge in [0, 0.05) is 30.7 Å². The molecule has 23 heavy (non-hydrogen) atoms. The van der Waals surface area contributed by atoms with Crippen molar-refractivity contribution in [3.05, 3.63) is 0 Å². The predicted octanol–water partition coefficient (Wildman–Crippen LogP) is 3.49. The minimum absolute atomic E-state index is 0.0580. The van der Waals surface area contributed by atoms with Gasteiger partial charge < -0.3 is 5.73 Å². The maximum atomic E-state index is 12.5. The summed E-state index contributed by atoms with van der Waals surface area (Å²) in [6.45, 7) is 4.41. The van der Waals surface area contributed by atoms with Gasteiger partial charge in [-0.1, -0.05) is 6.92 Å². The molecule has 128 valence electrons. The number of ketones is 2. The van der Waals surface area contributed by atoms with E-state index < -0.39 is 0 Å². The van der Waals surface area contributed by atoms with E-state index in [4.69, 9.17) is 5.73 Å². The van der Waals surface area contributed by atoms with Crippen LogP contribution < -0.4 is 5.73 Å². The van der Waals surface area contributed by atoms with Gasteiger partial charge in [0.15, 0.2) is 0 Å². The quantitative estimate of drug-likeness (QED) is 0.805. The molecular formula is C20H31NO2. The van der Waals surface area contributed by atoms with Gasteiger partial charge in [0.25, 0.3) is 0 Å². The van der Waals surface area contributed by atoms with Crippen LogP contribution in [0, 0.1) is 34.5 Å². The number of hydrogen-bond acceptors (Lipinski definition) is 3. The van der Waals surface area contributed by atoms with Crippen LogP contribution in [0.15, 0.2) is 0 Å². The molecule has 4 fully saturated rings. The highest BCUT2D eigenvalue weighted by atomic mass is 16.1. The highest BCUT2D eigenvalue weighted by molar-refractivity contribution is 5.87. The van der Waals surface area contributed by atoms with Gasteiger partial charge in [0.2, 0.25) is 0 Å². The van der Waals surface area contributed by atoms with Crippen LogP contribution in [-0.2, 0) is 9.59 Å². The first kappa shape index (κ1) is 15.8. The smallest absolute Gasteiger partial charge is 0.139 e. The van der Waals surface area contributed by atoms with Gasteiger partial charge in [0.05, 0.1) is 0 Å². The molecule has 0 heterocycles. The van der Waals surface area contributed by atoms with E-state index in [1.165, 1.54) is 6.42 Å². The number of Topliss-reactive ketones (excluding diaryl/α,β-unsaturated/α-hetero) is 2. The predicted molar refractivity (Wildman–Crippen MR) is 89.7 cm³/mol. The third-order valence-electron chi connectivity index (χ3n) is 8.60. The first-order valence-electron chi connectivity index (χ1n) is 9.70. The molecule has 4 aliphatic rings. The average molecular weight is 317 g/mol. The van der Waals surface area contributed by atoms with E-state index in [9.17, 15) is 9.59 Å². The minimum atomic E-state index is -0.0580. The fourth-order valence-electron chi connectivity index (χ4n) is 7.45. The number of carbonyl (C=O) groups excluding carboxylic acids is 2. The standard InChI is InChI=1S/C20H31NO2/c1-12(21)20-10-7-14(22)11-13(20)3-4-15-16-5-6-18(23)19(16,2)9-8-17(15)20/h12-13,15-17H,3-11,21H2,1-2H3/t12?,13-,15+,16+,17+,19+,20-/m1/s1. The van der Waals surface area contributed by atoms with Gasteiger partial charge in [0.1, 0.15) is 11.6 Å². The summed E-state index contributed by atoms with van der Waals surface area (Å²) in [7, 11) is 0. The summed E-state index contributed by atoms with van der Waals surface area (Å²) >= 11 is 0. The zero-order valence-electron chi connectivity index (χ0n) is 14.6. The Labute approximate surface area is 139 Å². The molecule has 1 unspecified atom stereocenters. The molecule has 0 bridgehead atoms. The molecule has 0 aromatic rings. The highest BCUT2D eigenvalue weighted by Gasteiger charge is 2.62. The molecule has 0 aromatic carbocycles. The van der Waals surface area contributed by atoms with Crippen molar-refractivity contribution in [3.63, 3.8) is 0 Å². The number of fused-ring (bicyclic) bond motifs is 5. The van der Waals surface area contributed by atoms with E-state index >= 15 is 0 Å². The Morgan fingerprint density at radius 1 is 1.04 bits per heavy atom. The van der Waals surface area contributed by atoms with Gasteiger partial charge in [-0.2, -0.15) is 0 Å². The first-order valence-corrected chi connectivity index (χ1v) is 9.70. The molecule has 3 heteroatoms. The molecule has 0 aromatic heterocycles. The van der Waals surface area contributed by atoms with Crippen molar-refractivity contribution in [2.45, 2.75) is 77.7 Å². The second-order valence-corrected chi connectivity index (χ2v) is 9.21. The van der Waals surface area contributed by atoms with Gasteiger partial charge >= 0.3 is 0 Å². The van der Waals surface area contributed by atoms with Crippen LogP contribution >= 0.6 is 0 Å². The fraction of sp³-hybridized carbons (Fsp3) is 0.900. The van der Waals surface area contributed by atoms with Crippen molar-refractivity contribution < 1.29 is 9.59 Å². The van der Waals surface area contributed by atoms with Gasteiger partial charge in [-0.25, -0.2) is 0 Å².